The number of anilines is 1. The van der Waals surface area contributed by atoms with Gasteiger partial charge in [0.1, 0.15) is 5.75 Å². The van der Waals surface area contributed by atoms with E-state index in [9.17, 15) is 0 Å². The molecule has 2 aliphatic heterocycles. The number of rotatable bonds is 4. The van der Waals surface area contributed by atoms with Gasteiger partial charge >= 0.3 is 0 Å². The molecule has 2 aromatic carbocycles. The van der Waals surface area contributed by atoms with Crippen molar-refractivity contribution in [1.82, 2.24) is 4.98 Å². The van der Waals surface area contributed by atoms with Crippen molar-refractivity contribution in [2.75, 3.05) is 25.3 Å². The van der Waals surface area contributed by atoms with Crippen molar-refractivity contribution in [3.05, 3.63) is 72.1 Å². The summed E-state index contributed by atoms with van der Waals surface area (Å²) in [5.74, 6) is 2.54. The Balaban J connectivity index is 1.48. The largest absolute Gasteiger partial charge is 0.497 e. The molecule has 0 radical (unpaired) electrons. The van der Waals surface area contributed by atoms with Crippen LogP contribution in [-0.4, -0.2) is 25.4 Å². The second kappa shape index (κ2) is 7.87. The maximum absolute atomic E-state index is 5.60. The molecule has 1 aromatic heterocycles. The SMILES string of the molecule is COc1ccc2c(c1)S[C@H](c1ccc3c(c1)OCO3)CCN2Cc1ccccn1. The first kappa shape index (κ1) is 18.2. The number of nitrogens with zero attached hydrogens (tertiary/aromatic N) is 2. The van der Waals surface area contributed by atoms with Crippen molar-refractivity contribution in [2.45, 2.75) is 23.1 Å². The molecular formula is C23H22N2O3S. The average Bonchev–Trinajstić information content (AvgIpc) is 3.16. The van der Waals surface area contributed by atoms with Gasteiger partial charge in [0.05, 0.1) is 25.0 Å². The van der Waals surface area contributed by atoms with E-state index in [0.29, 0.717) is 12.0 Å². The van der Waals surface area contributed by atoms with Gasteiger partial charge in [0.15, 0.2) is 11.5 Å². The van der Waals surface area contributed by atoms with Gasteiger partial charge in [-0.15, -0.1) is 11.8 Å². The summed E-state index contributed by atoms with van der Waals surface area (Å²) in [4.78, 5) is 8.16. The Morgan fingerprint density at radius 3 is 2.90 bits per heavy atom. The predicted octanol–water partition coefficient (Wildman–Crippen LogP) is 5.06. The number of ether oxygens (including phenoxy) is 3. The lowest BCUT2D eigenvalue weighted by Crippen LogP contribution is -2.24. The minimum absolute atomic E-state index is 0.300. The highest BCUT2D eigenvalue weighted by atomic mass is 32.2. The molecule has 6 heteroatoms. The summed E-state index contributed by atoms with van der Waals surface area (Å²) in [6.45, 7) is 2.03. The van der Waals surface area contributed by atoms with E-state index in [4.69, 9.17) is 14.2 Å². The number of thioether (sulfide) groups is 1. The molecule has 0 aliphatic carbocycles. The summed E-state index contributed by atoms with van der Waals surface area (Å²) >= 11 is 1.88. The summed E-state index contributed by atoms with van der Waals surface area (Å²) in [6, 6.07) is 18.7. The van der Waals surface area contributed by atoms with Crippen molar-refractivity contribution in [3.8, 4) is 17.2 Å². The molecule has 3 aromatic rings. The fraction of sp³-hybridized carbons (Fsp3) is 0.261. The highest BCUT2D eigenvalue weighted by Gasteiger charge is 2.26. The molecule has 1 atom stereocenters. The zero-order valence-corrected chi connectivity index (χ0v) is 17.0. The maximum Gasteiger partial charge on any atom is 0.231 e. The monoisotopic (exact) mass is 406 g/mol. The minimum atomic E-state index is 0.300. The highest BCUT2D eigenvalue weighted by molar-refractivity contribution is 7.99. The number of hydrogen-bond donors (Lipinski definition) is 0. The number of fused-ring (bicyclic) bond motifs is 2. The van der Waals surface area contributed by atoms with Crippen LogP contribution in [0.2, 0.25) is 0 Å². The first-order valence-electron chi connectivity index (χ1n) is 9.69. The summed E-state index contributed by atoms with van der Waals surface area (Å²) in [5, 5.41) is 0.323. The minimum Gasteiger partial charge on any atom is -0.497 e. The third-order valence-electron chi connectivity index (χ3n) is 5.29. The molecule has 0 unspecified atom stereocenters. The fourth-order valence-electron chi connectivity index (χ4n) is 3.78. The van der Waals surface area contributed by atoms with E-state index in [1.807, 2.05) is 42.2 Å². The van der Waals surface area contributed by atoms with Gasteiger partial charge in [0.2, 0.25) is 6.79 Å². The van der Waals surface area contributed by atoms with Crippen LogP contribution in [0.15, 0.2) is 65.7 Å². The summed E-state index contributed by atoms with van der Waals surface area (Å²) in [6.07, 6.45) is 2.88. The normalized spacial score (nSPS) is 17.6. The predicted molar refractivity (Wildman–Crippen MR) is 114 cm³/mol. The quantitative estimate of drug-likeness (QED) is 0.603. The van der Waals surface area contributed by atoms with Crippen LogP contribution in [0.3, 0.4) is 0 Å². The molecule has 0 amide bonds. The van der Waals surface area contributed by atoms with E-state index < -0.39 is 0 Å². The zero-order valence-electron chi connectivity index (χ0n) is 16.2. The van der Waals surface area contributed by atoms with Gasteiger partial charge in [0, 0.05) is 22.9 Å². The van der Waals surface area contributed by atoms with Crippen LogP contribution in [0, 0.1) is 0 Å². The summed E-state index contributed by atoms with van der Waals surface area (Å²) < 4.78 is 16.6. The van der Waals surface area contributed by atoms with Gasteiger partial charge in [-0.2, -0.15) is 0 Å². The van der Waals surface area contributed by atoms with Crippen molar-refractivity contribution in [1.29, 1.82) is 0 Å². The Bertz CT molecular complexity index is 1010. The van der Waals surface area contributed by atoms with Crippen LogP contribution in [0.25, 0.3) is 0 Å². The molecule has 3 heterocycles. The second-order valence-corrected chi connectivity index (χ2v) is 8.33. The van der Waals surface area contributed by atoms with Crippen molar-refractivity contribution in [2.24, 2.45) is 0 Å². The van der Waals surface area contributed by atoms with E-state index in [-0.39, 0.29) is 0 Å². The van der Waals surface area contributed by atoms with Gasteiger partial charge in [0.25, 0.3) is 0 Å². The first-order chi connectivity index (χ1) is 14.3. The van der Waals surface area contributed by atoms with Crippen molar-refractivity contribution in [3.63, 3.8) is 0 Å². The van der Waals surface area contributed by atoms with Gasteiger partial charge in [-0.05, 0) is 54.4 Å². The van der Waals surface area contributed by atoms with E-state index in [2.05, 4.69) is 40.2 Å². The van der Waals surface area contributed by atoms with Gasteiger partial charge in [-0.1, -0.05) is 12.1 Å². The Hall–Kier alpha value is -2.86. The van der Waals surface area contributed by atoms with E-state index in [1.165, 1.54) is 16.1 Å². The van der Waals surface area contributed by atoms with Gasteiger partial charge < -0.3 is 19.1 Å². The van der Waals surface area contributed by atoms with Gasteiger partial charge in [-0.25, -0.2) is 0 Å². The molecule has 0 fully saturated rings. The van der Waals surface area contributed by atoms with E-state index in [1.54, 1.807) is 7.11 Å². The molecular weight excluding hydrogens is 384 g/mol. The number of pyridine rings is 1. The Morgan fingerprint density at radius 1 is 1.10 bits per heavy atom. The smallest absolute Gasteiger partial charge is 0.231 e. The fourth-order valence-corrected chi connectivity index (χ4v) is 5.10. The van der Waals surface area contributed by atoms with Crippen LogP contribution >= 0.6 is 11.8 Å². The molecule has 0 bridgehead atoms. The molecule has 0 N–H and O–H groups in total. The molecule has 0 saturated heterocycles. The molecule has 29 heavy (non-hydrogen) atoms. The lowest BCUT2D eigenvalue weighted by Gasteiger charge is -2.24. The van der Waals surface area contributed by atoms with Crippen LogP contribution in [0.5, 0.6) is 17.2 Å². The first-order valence-corrected chi connectivity index (χ1v) is 10.6. The lowest BCUT2D eigenvalue weighted by atomic mass is 10.1. The van der Waals surface area contributed by atoms with Crippen molar-refractivity contribution >= 4 is 17.4 Å². The Labute approximate surface area is 174 Å². The van der Waals surface area contributed by atoms with Crippen LogP contribution in [0.4, 0.5) is 5.69 Å². The number of benzene rings is 2. The molecule has 148 valence electrons. The van der Waals surface area contributed by atoms with E-state index in [0.717, 1.165) is 42.5 Å². The van der Waals surface area contributed by atoms with Crippen LogP contribution in [0.1, 0.15) is 22.9 Å². The van der Waals surface area contributed by atoms with Crippen LogP contribution in [-0.2, 0) is 6.54 Å². The maximum atomic E-state index is 5.60. The number of aromatic nitrogens is 1. The molecule has 0 spiro atoms. The van der Waals surface area contributed by atoms with Crippen molar-refractivity contribution < 1.29 is 14.2 Å². The third-order valence-corrected chi connectivity index (χ3v) is 6.66. The lowest BCUT2D eigenvalue weighted by molar-refractivity contribution is 0.174. The zero-order chi connectivity index (χ0) is 19.6. The molecule has 2 aliphatic rings. The molecule has 5 rings (SSSR count). The molecule has 0 saturated carbocycles. The van der Waals surface area contributed by atoms with Gasteiger partial charge in [-0.3, -0.25) is 4.98 Å². The number of hydrogen-bond acceptors (Lipinski definition) is 6. The second-order valence-electron chi connectivity index (χ2n) is 7.08. The summed E-state index contributed by atoms with van der Waals surface area (Å²) in [5.41, 5.74) is 3.55. The summed E-state index contributed by atoms with van der Waals surface area (Å²) in [7, 11) is 1.71. The third kappa shape index (κ3) is 3.72. The average molecular weight is 407 g/mol. The topological polar surface area (TPSA) is 43.8 Å². The standard InChI is InChI=1S/C23H22N2O3S/c1-26-18-6-7-19-23(13-18)29-22(16-5-8-20-21(12-16)28-15-27-20)9-11-25(19)14-17-4-2-3-10-24-17/h2-8,10,12-13,22H,9,11,14-15H2,1H3/t22-/m0/s1. The van der Waals surface area contributed by atoms with Crippen LogP contribution < -0.4 is 19.1 Å². The van der Waals surface area contributed by atoms with E-state index >= 15 is 0 Å². The Kier molecular flexibility index (Phi) is 4.94. The highest BCUT2D eigenvalue weighted by Crippen LogP contribution is 2.48. The number of methoxy groups -OCH3 is 1. The molecule has 5 nitrogen and oxygen atoms in total. The Morgan fingerprint density at radius 2 is 2.03 bits per heavy atom.